The lowest BCUT2D eigenvalue weighted by atomic mass is 9.99. The molecule has 1 heterocycles. The SMILES string of the molecule is C=Cc1ccc(CC)cc1S(=O)(=O)Nc1cccc2c1CCNC2. The van der Waals surface area contributed by atoms with Crippen LogP contribution in [0, 0.1) is 0 Å². The van der Waals surface area contributed by atoms with Crippen molar-refractivity contribution in [1.29, 1.82) is 0 Å². The van der Waals surface area contributed by atoms with E-state index in [1.807, 2.05) is 37.3 Å². The lowest BCUT2D eigenvalue weighted by Crippen LogP contribution is -2.25. The van der Waals surface area contributed by atoms with Gasteiger partial charge in [-0.05, 0) is 53.8 Å². The van der Waals surface area contributed by atoms with Crippen LogP contribution >= 0.6 is 0 Å². The van der Waals surface area contributed by atoms with Gasteiger partial charge in [-0.25, -0.2) is 8.42 Å². The van der Waals surface area contributed by atoms with Gasteiger partial charge in [0.25, 0.3) is 10.0 Å². The minimum absolute atomic E-state index is 0.281. The summed E-state index contributed by atoms with van der Waals surface area (Å²) in [6.07, 6.45) is 3.18. The van der Waals surface area contributed by atoms with Crippen LogP contribution in [0.4, 0.5) is 5.69 Å². The maximum atomic E-state index is 13.0. The molecule has 0 unspecified atom stereocenters. The first-order valence-corrected chi connectivity index (χ1v) is 9.63. The van der Waals surface area contributed by atoms with Crippen LogP contribution in [0.25, 0.3) is 6.08 Å². The summed E-state index contributed by atoms with van der Waals surface area (Å²) in [5.41, 5.74) is 4.50. The predicted octanol–water partition coefficient (Wildman–Crippen LogP) is 3.34. The topological polar surface area (TPSA) is 58.2 Å². The van der Waals surface area contributed by atoms with Gasteiger partial charge >= 0.3 is 0 Å². The van der Waals surface area contributed by atoms with E-state index in [4.69, 9.17) is 0 Å². The molecule has 1 aliphatic rings. The first kappa shape index (κ1) is 16.7. The number of benzene rings is 2. The van der Waals surface area contributed by atoms with Crippen molar-refractivity contribution in [2.24, 2.45) is 0 Å². The molecule has 0 aromatic heterocycles. The van der Waals surface area contributed by atoms with Gasteiger partial charge < -0.3 is 5.32 Å². The van der Waals surface area contributed by atoms with Crippen molar-refractivity contribution in [3.8, 4) is 0 Å². The van der Waals surface area contributed by atoms with Gasteiger partial charge in [0.15, 0.2) is 0 Å². The minimum atomic E-state index is -3.66. The molecule has 0 radical (unpaired) electrons. The Morgan fingerprint density at radius 1 is 1.29 bits per heavy atom. The molecule has 0 aliphatic carbocycles. The van der Waals surface area contributed by atoms with E-state index in [0.717, 1.165) is 42.6 Å². The standard InChI is InChI=1S/C19H22N2O2S/c1-3-14-8-9-15(4-2)19(12-14)24(22,23)21-18-7-5-6-16-13-20-11-10-17(16)18/h4-9,12,20-21H,2-3,10-11,13H2,1H3. The van der Waals surface area contributed by atoms with E-state index in [1.54, 1.807) is 12.1 Å². The van der Waals surface area contributed by atoms with E-state index in [1.165, 1.54) is 0 Å². The molecule has 5 heteroatoms. The van der Waals surface area contributed by atoms with E-state index in [9.17, 15) is 8.42 Å². The minimum Gasteiger partial charge on any atom is -0.312 e. The molecule has 0 bridgehead atoms. The molecular formula is C19H22N2O2S. The molecule has 2 aromatic carbocycles. The fourth-order valence-electron chi connectivity index (χ4n) is 3.03. The summed E-state index contributed by atoms with van der Waals surface area (Å²) in [7, 11) is -3.66. The summed E-state index contributed by atoms with van der Waals surface area (Å²) < 4.78 is 28.7. The second-order valence-corrected chi connectivity index (χ2v) is 7.56. The molecule has 0 saturated heterocycles. The fraction of sp³-hybridized carbons (Fsp3) is 0.263. The number of anilines is 1. The summed E-state index contributed by atoms with van der Waals surface area (Å²) >= 11 is 0. The van der Waals surface area contributed by atoms with E-state index in [2.05, 4.69) is 16.6 Å². The summed E-state index contributed by atoms with van der Waals surface area (Å²) in [5, 5.41) is 3.31. The smallest absolute Gasteiger partial charge is 0.262 e. The normalized spacial score (nSPS) is 14.0. The van der Waals surface area contributed by atoms with E-state index < -0.39 is 10.0 Å². The van der Waals surface area contributed by atoms with Crippen LogP contribution in [0.15, 0.2) is 47.9 Å². The van der Waals surface area contributed by atoms with Crippen LogP contribution in [0.1, 0.15) is 29.2 Å². The molecule has 0 fully saturated rings. The summed E-state index contributed by atoms with van der Waals surface area (Å²) in [6, 6.07) is 11.2. The third-order valence-electron chi connectivity index (χ3n) is 4.38. The van der Waals surface area contributed by atoms with Crippen molar-refractivity contribution in [3.63, 3.8) is 0 Å². The molecule has 3 rings (SSSR count). The Bertz CT molecular complexity index is 873. The zero-order valence-electron chi connectivity index (χ0n) is 13.8. The van der Waals surface area contributed by atoms with Crippen molar-refractivity contribution in [3.05, 3.63) is 65.2 Å². The number of sulfonamides is 1. The predicted molar refractivity (Wildman–Crippen MR) is 98.6 cm³/mol. The van der Waals surface area contributed by atoms with E-state index in [-0.39, 0.29) is 4.90 Å². The molecular weight excluding hydrogens is 320 g/mol. The quantitative estimate of drug-likeness (QED) is 0.876. The number of rotatable bonds is 5. The molecule has 4 nitrogen and oxygen atoms in total. The van der Waals surface area contributed by atoms with Gasteiger partial charge in [0, 0.05) is 6.54 Å². The number of hydrogen-bond acceptors (Lipinski definition) is 3. The average molecular weight is 342 g/mol. The van der Waals surface area contributed by atoms with E-state index >= 15 is 0 Å². The second kappa shape index (κ2) is 6.79. The molecule has 2 aromatic rings. The van der Waals surface area contributed by atoms with Gasteiger partial charge in [0.1, 0.15) is 0 Å². The molecule has 1 aliphatic heterocycles. The van der Waals surface area contributed by atoms with E-state index in [0.29, 0.717) is 11.3 Å². The molecule has 0 amide bonds. The van der Waals surface area contributed by atoms with Crippen LogP contribution in [0.2, 0.25) is 0 Å². The molecule has 0 spiro atoms. The highest BCUT2D eigenvalue weighted by Gasteiger charge is 2.21. The van der Waals surface area contributed by atoms with Crippen LogP contribution in [-0.2, 0) is 29.4 Å². The van der Waals surface area contributed by atoms with Crippen LogP contribution in [0.3, 0.4) is 0 Å². The maximum Gasteiger partial charge on any atom is 0.262 e. The summed E-state index contributed by atoms with van der Waals surface area (Å²) in [6.45, 7) is 7.37. The highest BCUT2D eigenvalue weighted by molar-refractivity contribution is 7.92. The Morgan fingerprint density at radius 3 is 2.88 bits per heavy atom. The Labute approximate surface area is 143 Å². The summed E-state index contributed by atoms with van der Waals surface area (Å²) in [5.74, 6) is 0. The third-order valence-corrected chi connectivity index (χ3v) is 5.80. The first-order chi connectivity index (χ1) is 11.5. The zero-order valence-corrected chi connectivity index (χ0v) is 14.6. The van der Waals surface area contributed by atoms with Crippen LogP contribution in [-0.4, -0.2) is 15.0 Å². The van der Waals surface area contributed by atoms with Gasteiger partial charge in [-0.2, -0.15) is 0 Å². The monoisotopic (exact) mass is 342 g/mol. The van der Waals surface area contributed by atoms with Gasteiger partial charge in [0.05, 0.1) is 10.6 Å². The highest BCUT2D eigenvalue weighted by atomic mass is 32.2. The first-order valence-electron chi connectivity index (χ1n) is 8.15. The Kier molecular flexibility index (Phi) is 4.73. The van der Waals surface area contributed by atoms with Crippen molar-refractivity contribution >= 4 is 21.8 Å². The number of fused-ring (bicyclic) bond motifs is 1. The highest BCUT2D eigenvalue weighted by Crippen LogP contribution is 2.27. The lowest BCUT2D eigenvalue weighted by molar-refractivity contribution is 0.600. The molecule has 2 N–H and O–H groups in total. The zero-order chi connectivity index (χ0) is 17.2. The Hall–Kier alpha value is -2.11. The molecule has 0 saturated carbocycles. The number of nitrogens with one attached hydrogen (secondary N) is 2. The van der Waals surface area contributed by atoms with Crippen molar-refractivity contribution in [2.45, 2.75) is 31.2 Å². The fourth-order valence-corrected chi connectivity index (χ4v) is 4.39. The van der Waals surface area contributed by atoms with Crippen LogP contribution in [0.5, 0.6) is 0 Å². The van der Waals surface area contributed by atoms with Crippen molar-refractivity contribution < 1.29 is 8.42 Å². The van der Waals surface area contributed by atoms with Gasteiger partial charge in [-0.15, -0.1) is 0 Å². The van der Waals surface area contributed by atoms with Crippen LogP contribution < -0.4 is 10.0 Å². The van der Waals surface area contributed by atoms with Crippen molar-refractivity contribution in [2.75, 3.05) is 11.3 Å². The van der Waals surface area contributed by atoms with Gasteiger partial charge in [0.2, 0.25) is 0 Å². The summed E-state index contributed by atoms with van der Waals surface area (Å²) in [4.78, 5) is 0.281. The Balaban J connectivity index is 2.03. The van der Waals surface area contributed by atoms with Gasteiger partial charge in [-0.1, -0.05) is 43.8 Å². The number of hydrogen-bond donors (Lipinski definition) is 2. The molecule has 24 heavy (non-hydrogen) atoms. The number of aryl methyl sites for hydroxylation is 1. The second-order valence-electron chi connectivity index (χ2n) is 5.91. The van der Waals surface area contributed by atoms with Gasteiger partial charge in [-0.3, -0.25) is 4.72 Å². The lowest BCUT2D eigenvalue weighted by Gasteiger charge is -2.21. The largest absolute Gasteiger partial charge is 0.312 e. The van der Waals surface area contributed by atoms with Crippen molar-refractivity contribution in [1.82, 2.24) is 5.32 Å². The average Bonchev–Trinajstić information content (AvgIpc) is 2.61. The Morgan fingerprint density at radius 2 is 2.12 bits per heavy atom. The molecule has 126 valence electrons. The maximum absolute atomic E-state index is 13.0. The third kappa shape index (κ3) is 3.23. The molecule has 0 atom stereocenters.